The molecular weight excluding hydrogens is 581 g/mol. The third kappa shape index (κ3) is 9.78. The predicted octanol–water partition coefficient (Wildman–Crippen LogP) is 7.95. The number of ether oxygens (including phenoxy) is 1. The molecule has 3 aromatic rings. The molecule has 3 N–H and O–H groups in total. The molecule has 5 rings (SSSR count). The molecule has 220 valence electrons. The molecule has 41 heavy (non-hydrogen) atoms. The number of nitrogens with zero attached hydrogens (tertiary/aromatic N) is 1. The SMILES string of the molecule is CC(C)(C)OC=O.CCCCCNc1cc(-c2c3c4ccccc4n2-3)ccc1Cl.NS(=O)(=O)Cc1cccc(Cl)c1. The van der Waals surface area contributed by atoms with Gasteiger partial charge in [0.1, 0.15) is 5.60 Å². The number of halogens is 2. The Bertz CT molecular complexity index is 1560. The number of nitrogens with two attached hydrogens (primary N) is 1. The molecule has 2 heterocycles. The number of fused-ring (bicyclic) bond motifs is 4. The van der Waals surface area contributed by atoms with Crippen molar-refractivity contribution in [3.63, 3.8) is 0 Å². The van der Waals surface area contributed by atoms with Crippen molar-refractivity contribution in [2.75, 3.05) is 11.9 Å². The van der Waals surface area contributed by atoms with Crippen LogP contribution in [0.2, 0.25) is 10.0 Å². The second-order valence-electron chi connectivity index (χ2n) is 10.6. The number of sulfonamides is 1. The van der Waals surface area contributed by atoms with E-state index in [-0.39, 0.29) is 11.4 Å². The van der Waals surface area contributed by atoms with Crippen molar-refractivity contribution in [2.45, 2.75) is 58.3 Å². The highest BCUT2D eigenvalue weighted by Crippen LogP contribution is 2.51. The third-order valence-electron chi connectivity index (χ3n) is 6.02. The van der Waals surface area contributed by atoms with Crippen LogP contribution in [0.1, 0.15) is 52.5 Å². The first-order chi connectivity index (χ1) is 19.3. The first-order valence-corrected chi connectivity index (χ1v) is 15.9. The quantitative estimate of drug-likeness (QED) is 0.129. The Kier molecular flexibility index (Phi) is 11.3. The van der Waals surface area contributed by atoms with Crippen LogP contribution in [0, 0.1) is 0 Å². The fourth-order valence-electron chi connectivity index (χ4n) is 4.14. The van der Waals surface area contributed by atoms with E-state index < -0.39 is 10.0 Å². The largest absolute Gasteiger partial charge is 0.462 e. The number of carbonyl (C=O) groups excluding carboxylic acids is 1. The Labute approximate surface area is 252 Å². The van der Waals surface area contributed by atoms with Gasteiger partial charge in [0.05, 0.1) is 33.4 Å². The molecule has 0 aromatic heterocycles. The van der Waals surface area contributed by atoms with Gasteiger partial charge in [0.2, 0.25) is 10.0 Å². The summed E-state index contributed by atoms with van der Waals surface area (Å²) in [6.45, 7) is 9.12. The Balaban J connectivity index is 0.000000205. The van der Waals surface area contributed by atoms with Gasteiger partial charge in [-0.1, -0.05) is 79.4 Å². The number of unbranched alkanes of at least 4 members (excludes halogenated alkanes) is 2. The lowest BCUT2D eigenvalue weighted by atomic mass is 10.1. The van der Waals surface area contributed by atoms with E-state index in [4.69, 9.17) is 28.3 Å². The average molecular weight is 619 g/mol. The van der Waals surface area contributed by atoms with Crippen LogP contribution in [0.15, 0.2) is 66.7 Å². The van der Waals surface area contributed by atoms with Crippen molar-refractivity contribution in [1.29, 1.82) is 0 Å². The predicted molar refractivity (Wildman–Crippen MR) is 170 cm³/mol. The molecule has 0 saturated carbocycles. The summed E-state index contributed by atoms with van der Waals surface area (Å²) < 4.78 is 28.2. The standard InChI is InChI=1S/C19H19ClN2.C7H8ClNO2S.C5H10O2/c1-2-3-6-11-21-16-12-13(9-10-15(16)20)18-19-14-7-4-5-8-17(14)22(18)19;8-7-3-1-2-6(4-7)5-12(9,10)11;1-5(2,3)7-4-6/h4-5,7-10,12,21H,2-3,6,11H2,1H3;1-4H,5H2,(H2,9,10,11);4H,1-3H3. The van der Waals surface area contributed by atoms with Crippen molar-refractivity contribution < 1.29 is 17.9 Å². The third-order valence-corrected chi connectivity index (χ3v) is 7.32. The highest BCUT2D eigenvalue weighted by Gasteiger charge is 2.33. The van der Waals surface area contributed by atoms with E-state index in [0.717, 1.165) is 17.3 Å². The summed E-state index contributed by atoms with van der Waals surface area (Å²) in [4.78, 5) is 9.60. The number of para-hydroxylation sites is 1. The maximum Gasteiger partial charge on any atom is 0.293 e. The van der Waals surface area contributed by atoms with E-state index in [0.29, 0.717) is 17.1 Å². The summed E-state index contributed by atoms with van der Waals surface area (Å²) in [5.74, 6) is -0.173. The molecule has 0 saturated heterocycles. The monoisotopic (exact) mass is 617 g/mol. The molecule has 3 aromatic carbocycles. The van der Waals surface area contributed by atoms with Crippen LogP contribution in [0.5, 0.6) is 0 Å². The number of carbonyl (C=O) groups is 1. The first-order valence-electron chi connectivity index (χ1n) is 13.4. The van der Waals surface area contributed by atoms with Crippen LogP contribution < -0.4 is 10.5 Å². The minimum Gasteiger partial charge on any atom is -0.462 e. The number of aromatic nitrogens is 1. The van der Waals surface area contributed by atoms with E-state index in [9.17, 15) is 13.2 Å². The van der Waals surface area contributed by atoms with Gasteiger partial charge in [0, 0.05) is 22.5 Å². The zero-order valence-corrected chi connectivity index (χ0v) is 26.1. The molecule has 0 atom stereocenters. The Morgan fingerprint density at radius 1 is 1.00 bits per heavy atom. The van der Waals surface area contributed by atoms with Crippen LogP contribution in [0.4, 0.5) is 5.69 Å². The molecule has 0 aliphatic carbocycles. The zero-order valence-electron chi connectivity index (χ0n) is 23.8. The van der Waals surface area contributed by atoms with E-state index in [1.165, 1.54) is 47.1 Å². The van der Waals surface area contributed by atoms with Gasteiger partial charge >= 0.3 is 0 Å². The molecule has 0 amide bonds. The minimum absolute atomic E-state index is 0.173. The Hall–Kier alpha value is -3.04. The fourth-order valence-corrected chi connectivity index (χ4v) is 5.19. The smallest absolute Gasteiger partial charge is 0.293 e. The highest BCUT2D eigenvalue weighted by molar-refractivity contribution is 7.88. The number of rotatable bonds is 9. The van der Waals surface area contributed by atoms with E-state index in [1.54, 1.807) is 24.3 Å². The Morgan fingerprint density at radius 3 is 2.32 bits per heavy atom. The summed E-state index contributed by atoms with van der Waals surface area (Å²) in [5, 5.41) is 11.0. The summed E-state index contributed by atoms with van der Waals surface area (Å²) in [7, 11) is -3.45. The molecule has 2 aliphatic heterocycles. The number of hydrogen-bond acceptors (Lipinski definition) is 5. The van der Waals surface area contributed by atoms with E-state index >= 15 is 0 Å². The molecule has 0 fully saturated rings. The van der Waals surface area contributed by atoms with Crippen LogP contribution in [0.3, 0.4) is 0 Å². The van der Waals surface area contributed by atoms with Crippen LogP contribution in [-0.4, -0.2) is 31.6 Å². The molecule has 2 aliphatic rings. The van der Waals surface area contributed by atoms with E-state index in [1.807, 2.05) is 26.8 Å². The van der Waals surface area contributed by atoms with Gasteiger partial charge in [-0.25, -0.2) is 13.6 Å². The number of anilines is 1. The molecule has 10 heteroatoms. The number of nitrogens with one attached hydrogen (secondary N) is 1. The Morgan fingerprint density at radius 2 is 1.73 bits per heavy atom. The van der Waals surface area contributed by atoms with Gasteiger partial charge in [0.25, 0.3) is 6.47 Å². The number of benzene rings is 3. The lowest BCUT2D eigenvalue weighted by Gasteiger charge is -2.14. The second-order valence-corrected chi connectivity index (χ2v) is 13.1. The molecule has 0 spiro atoms. The second kappa shape index (κ2) is 14.2. The van der Waals surface area contributed by atoms with Gasteiger partial charge in [-0.2, -0.15) is 0 Å². The topological polar surface area (TPSA) is 103 Å². The lowest BCUT2D eigenvalue weighted by Crippen LogP contribution is -2.17. The highest BCUT2D eigenvalue weighted by atomic mass is 35.5. The molecule has 0 unspecified atom stereocenters. The van der Waals surface area contributed by atoms with Crippen LogP contribution in [-0.2, 0) is 25.3 Å². The lowest BCUT2D eigenvalue weighted by molar-refractivity contribution is -0.138. The first kappa shape index (κ1) is 32.5. The maximum atomic E-state index is 10.6. The average Bonchev–Trinajstić information content (AvgIpc) is 3.54. The normalized spacial score (nSPS) is 11.6. The van der Waals surface area contributed by atoms with E-state index in [2.05, 4.69) is 57.9 Å². The number of primary sulfonamides is 1. The van der Waals surface area contributed by atoms with Crippen LogP contribution in [0.25, 0.3) is 27.8 Å². The minimum atomic E-state index is -3.45. The summed E-state index contributed by atoms with van der Waals surface area (Å²) in [6, 6.07) is 21.4. The fraction of sp³-hybridized carbons (Fsp3) is 0.323. The summed E-state index contributed by atoms with van der Waals surface area (Å²) in [6.07, 6.45) is 3.67. The molecule has 0 radical (unpaired) electrons. The van der Waals surface area contributed by atoms with Crippen molar-refractivity contribution in [2.24, 2.45) is 5.14 Å². The molecular formula is C31H37Cl2N3O4S. The molecule has 7 nitrogen and oxygen atoms in total. The van der Waals surface area contributed by atoms with Crippen LogP contribution >= 0.6 is 23.2 Å². The molecule has 0 bridgehead atoms. The zero-order chi connectivity index (χ0) is 30.2. The summed E-state index contributed by atoms with van der Waals surface area (Å²) in [5.41, 5.74) is 6.59. The van der Waals surface area contributed by atoms with Crippen molar-refractivity contribution in [3.8, 4) is 16.9 Å². The summed E-state index contributed by atoms with van der Waals surface area (Å²) >= 11 is 12.0. The van der Waals surface area contributed by atoms with Gasteiger partial charge in [0.15, 0.2) is 0 Å². The van der Waals surface area contributed by atoms with Gasteiger partial charge in [-0.05, 0) is 63.1 Å². The van der Waals surface area contributed by atoms with Gasteiger partial charge < -0.3 is 14.6 Å². The van der Waals surface area contributed by atoms with Gasteiger partial charge in [-0.3, -0.25) is 4.79 Å². The van der Waals surface area contributed by atoms with Crippen molar-refractivity contribution in [1.82, 2.24) is 4.57 Å². The van der Waals surface area contributed by atoms with Crippen molar-refractivity contribution in [3.05, 3.63) is 82.3 Å². The maximum absolute atomic E-state index is 10.6. The van der Waals surface area contributed by atoms with Crippen molar-refractivity contribution >= 4 is 56.3 Å². The van der Waals surface area contributed by atoms with Gasteiger partial charge in [-0.15, -0.1) is 0 Å². The number of hydrogen-bond donors (Lipinski definition) is 2.